The molecule has 0 atom stereocenters. The Balaban J connectivity index is 0.000000512. The van der Waals surface area contributed by atoms with E-state index < -0.39 is 35.8 Å². The molecule has 0 fully saturated rings. The average molecular weight is 430 g/mol. The molecule has 11 nitrogen and oxygen atoms in total. The molecule has 160 valence electrons. The van der Waals surface area contributed by atoms with Crippen molar-refractivity contribution in [3.8, 4) is 0 Å². The molecule has 0 amide bonds. The van der Waals surface area contributed by atoms with E-state index in [1.165, 1.54) is 48.5 Å². The number of hydrogen-bond donors (Lipinski definition) is 4. The van der Waals surface area contributed by atoms with Crippen LogP contribution in [0.3, 0.4) is 0 Å². The monoisotopic (exact) mass is 430 g/mol. The SMILES string of the molecule is O=C(O)/C=C\C(=O)O.O=C(O)c1ccccc1C(=O)OC(=O)c1ccccc1C(=O)O. The molecule has 0 unspecified atom stereocenters. The van der Waals surface area contributed by atoms with Crippen LogP contribution in [-0.2, 0) is 14.3 Å². The summed E-state index contributed by atoms with van der Waals surface area (Å²) >= 11 is 0. The second-order valence-electron chi connectivity index (χ2n) is 5.39. The van der Waals surface area contributed by atoms with Gasteiger partial charge in [0.1, 0.15) is 0 Å². The van der Waals surface area contributed by atoms with E-state index >= 15 is 0 Å². The topological polar surface area (TPSA) is 193 Å². The van der Waals surface area contributed by atoms with E-state index in [4.69, 9.17) is 20.4 Å². The zero-order chi connectivity index (χ0) is 23.6. The van der Waals surface area contributed by atoms with E-state index in [0.29, 0.717) is 12.2 Å². The summed E-state index contributed by atoms with van der Waals surface area (Å²) in [5.41, 5.74) is -1.25. The molecule has 0 aliphatic carbocycles. The standard InChI is InChI=1S/C16H10O7.C4H4O4/c17-13(18)9-5-1-3-7-11(9)15(21)23-16(22)12-8-4-2-6-10(12)14(19)20;5-3(6)1-2-4(7)8/h1-8H,(H,17,18)(H,19,20);1-2H,(H,5,6)(H,7,8)/b;2-1-. The Morgan fingerprint density at radius 2 is 0.839 bits per heavy atom. The molecule has 0 aromatic heterocycles. The number of aliphatic carboxylic acids is 2. The molecule has 0 heterocycles. The van der Waals surface area contributed by atoms with Crippen molar-refractivity contribution < 1.29 is 53.9 Å². The first-order valence-corrected chi connectivity index (χ1v) is 8.09. The van der Waals surface area contributed by atoms with Gasteiger partial charge in [0.2, 0.25) is 0 Å². The first-order valence-electron chi connectivity index (χ1n) is 8.09. The van der Waals surface area contributed by atoms with E-state index in [1.807, 2.05) is 0 Å². The van der Waals surface area contributed by atoms with Crippen molar-refractivity contribution >= 4 is 35.8 Å². The van der Waals surface area contributed by atoms with E-state index in [2.05, 4.69) is 4.74 Å². The Bertz CT molecular complexity index is 983. The van der Waals surface area contributed by atoms with Crippen LogP contribution in [0.1, 0.15) is 41.4 Å². The van der Waals surface area contributed by atoms with E-state index in [0.717, 1.165) is 0 Å². The normalized spacial score (nSPS) is 9.81. The highest BCUT2D eigenvalue weighted by atomic mass is 16.6. The van der Waals surface area contributed by atoms with Crippen LogP contribution in [-0.4, -0.2) is 56.2 Å². The number of aromatic carboxylic acids is 2. The molecular formula is C20H14O11. The van der Waals surface area contributed by atoms with Crippen LogP contribution in [0.5, 0.6) is 0 Å². The lowest BCUT2D eigenvalue weighted by atomic mass is 10.1. The Morgan fingerprint density at radius 1 is 0.548 bits per heavy atom. The number of carbonyl (C=O) groups excluding carboxylic acids is 2. The van der Waals surface area contributed by atoms with E-state index in [1.54, 1.807) is 0 Å². The lowest BCUT2D eigenvalue weighted by molar-refractivity contribution is -0.134. The van der Waals surface area contributed by atoms with Crippen LogP contribution in [0.15, 0.2) is 60.7 Å². The number of carboxylic acids is 4. The molecule has 4 N–H and O–H groups in total. The molecule has 0 spiro atoms. The maximum Gasteiger partial charge on any atom is 0.346 e. The largest absolute Gasteiger partial charge is 0.478 e. The van der Waals surface area contributed by atoms with Gasteiger partial charge < -0.3 is 25.2 Å². The van der Waals surface area contributed by atoms with Gasteiger partial charge in [-0.2, -0.15) is 0 Å². The van der Waals surface area contributed by atoms with Crippen molar-refractivity contribution in [2.75, 3.05) is 0 Å². The highest BCUT2D eigenvalue weighted by Gasteiger charge is 2.23. The minimum atomic E-state index is -1.35. The average Bonchev–Trinajstić information content (AvgIpc) is 2.72. The van der Waals surface area contributed by atoms with Gasteiger partial charge in [-0.15, -0.1) is 0 Å². The second-order valence-corrected chi connectivity index (χ2v) is 5.39. The Labute approximate surface area is 173 Å². The summed E-state index contributed by atoms with van der Waals surface area (Å²) in [5.74, 6) is -7.56. The van der Waals surface area contributed by atoms with Crippen LogP contribution in [0, 0.1) is 0 Å². The number of carboxylic acid groups (broad SMARTS) is 4. The van der Waals surface area contributed by atoms with Gasteiger partial charge in [-0.3, -0.25) is 0 Å². The minimum Gasteiger partial charge on any atom is -0.478 e. The maximum absolute atomic E-state index is 12.0. The highest BCUT2D eigenvalue weighted by Crippen LogP contribution is 2.14. The summed E-state index contributed by atoms with van der Waals surface area (Å²) in [6.07, 6.45) is 1.12. The number of esters is 2. The van der Waals surface area contributed by atoms with Gasteiger partial charge in [-0.25, -0.2) is 28.8 Å². The summed E-state index contributed by atoms with van der Waals surface area (Å²) in [5, 5.41) is 33.6. The van der Waals surface area contributed by atoms with Gasteiger partial charge in [0.25, 0.3) is 0 Å². The molecule has 2 aromatic rings. The van der Waals surface area contributed by atoms with Gasteiger partial charge in [0, 0.05) is 12.2 Å². The number of benzene rings is 2. The fraction of sp³-hybridized carbons (Fsp3) is 0. The van der Waals surface area contributed by atoms with Gasteiger partial charge in [-0.05, 0) is 24.3 Å². The molecular weight excluding hydrogens is 416 g/mol. The third kappa shape index (κ3) is 7.62. The quantitative estimate of drug-likeness (QED) is 0.296. The van der Waals surface area contributed by atoms with Crippen molar-refractivity contribution in [3.05, 3.63) is 82.9 Å². The van der Waals surface area contributed by atoms with Crippen molar-refractivity contribution in [2.24, 2.45) is 0 Å². The molecule has 0 aliphatic heterocycles. The summed E-state index contributed by atoms with van der Waals surface area (Å²) in [7, 11) is 0. The molecule has 0 saturated carbocycles. The van der Waals surface area contributed by atoms with Gasteiger partial charge in [-0.1, -0.05) is 24.3 Å². The number of carbonyl (C=O) groups is 6. The first kappa shape index (κ1) is 24.2. The van der Waals surface area contributed by atoms with Crippen LogP contribution >= 0.6 is 0 Å². The molecule has 31 heavy (non-hydrogen) atoms. The molecule has 2 rings (SSSR count). The van der Waals surface area contributed by atoms with Gasteiger partial charge in [0.15, 0.2) is 0 Å². The highest BCUT2D eigenvalue weighted by molar-refractivity contribution is 6.10. The lowest BCUT2D eigenvalue weighted by Crippen LogP contribution is -2.18. The third-order valence-electron chi connectivity index (χ3n) is 3.31. The Hall–Kier alpha value is -4.80. The number of ether oxygens (including phenoxy) is 1. The van der Waals surface area contributed by atoms with E-state index in [9.17, 15) is 28.8 Å². The predicted molar refractivity (Wildman–Crippen MR) is 101 cm³/mol. The summed E-state index contributed by atoms with van der Waals surface area (Å²) < 4.78 is 4.60. The smallest absolute Gasteiger partial charge is 0.346 e. The van der Waals surface area contributed by atoms with Crippen LogP contribution in [0.25, 0.3) is 0 Å². The summed E-state index contributed by atoms with van der Waals surface area (Å²) in [6, 6.07) is 10.4. The van der Waals surface area contributed by atoms with Gasteiger partial charge in [0.05, 0.1) is 22.3 Å². The minimum absolute atomic E-state index is 0.304. The van der Waals surface area contributed by atoms with Crippen LogP contribution < -0.4 is 0 Å². The zero-order valence-electron chi connectivity index (χ0n) is 15.4. The van der Waals surface area contributed by atoms with Crippen molar-refractivity contribution in [1.29, 1.82) is 0 Å². The first-order chi connectivity index (χ1) is 14.5. The van der Waals surface area contributed by atoms with Crippen LogP contribution in [0.4, 0.5) is 0 Å². The van der Waals surface area contributed by atoms with Crippen molar-refractivity contribution in [1.82, 2.24) is 0 Å². The molecule has 0 bridgehead atoms. The summed E-state index contributed by atoms with van der Waals surface area (Å²) in [6.45, 7) is 0. The predicted octanol–water partition coefficient (Wildman–Crippen LogP) is 1.79. The number of hydrogen-bond acceptors (Lipinski definition) is 7. The molecule has 0 radical (unpaired) electrons. The molecule has 11 heteroatoms. The fourth-order valence-corrected chi connectivity index (χ4v) is 2.03. The Kier molecular flexibility index (Phi) is 8.81. The lowest BCUT2D eigenvalue weighted by Gasteiger charge is -2.07. The fourth-order valence-electron chi connectivity index (χ4n) is 2.03. The van der Waals surface area contributed by atoms with Crippen molar-refractivity contribution in [3.63, 3.8) is 0 Å². The van der Waals surface area contributed by atoms with E-state index in [-0.39, 0.29) is 22.3 Å². The molecule has 0 aliphatic rings. The van der Waals surface area contributed by atoms with Crippen LogP contribution in [0.2, 0.25) is 0 Å². The Morgan fingerprint density at radius 3 is 1.10 bits per heavy atom. The third-order valence-corrected chi connectivity index (χ3v) is 3.31. The number of rotatable bonds is 6. The summed E-state index contributed by atoms with van der Waals surface area (Å²) in [4.78, 5) is 65.2. The second kappa shape index (κ2) is 11.3. The molecule has 2 aromatic carbocycles. The van der Waals surface area contributed by atoms with Crippen molar-refractivity contribution in [2.45, 2.75) is 0 Å². The molecule has 0 saturated heterocycles. The zero-order valence-corrected chi connectivity index (χ0v) is 15.4. The maximum atomic E-state index is 12.0. The van der Waals surface area contributed by atoms with Gasteiger partial charge >= 0.3 is 35.8 Å².